The predicted molar refractivity (Wildman–Crippen MR) is 112 cm³/mol. The normalized spacial score (nSPS) is 16.1. The summed E-state index contributed by atoms with van der Waals surface area (Å²) in [7, 11) is 3.61. The molecule has 1 fully saturated rings. The summed E-state index contributed by atoms with van der Waals surface area (Å²) in [6, 6.07) is 15.5. The molecule has 1 saturated heterocycles. The Labute approximate surface area is 161 Å². The minimum Gasteiger partial charge on any atom is -0.497 e. The van der Waals surface area contributed by atoms with Crippen LogP contribution in [-0.4, -0.2) is 21.9 Å². The largest absolute Gasteiger partial charge is 0.497 e. The van der Waals surface area contributed by atoms with E-state index in [-0.39, 0.29) is 5.91 Å². The van der Waals surface area contributed by atoms with Crippen LogP contribution in [0.25, 0.3) is 17.0 Å². The van der Waals surface area contributed by atoms with E-state index in [1.807, 2.05) is 55.7 Å². The molecule has 0 atom stereocenters. The van der Waals surface area contributed by atoms with E-state index in [1.54, 1.807) is 12.0 Å². The molecule has 0 N–H and O–H groups in total. The summed E-state index contributed by atoms with van der Waals surface area (Å²) in [6.45, 7) is 0. The number of rotatable bonds is 3. The Morgan fingerprint density at radius 3 is 2.58 bits per heavy atom. The number of aromatic nitrogens is 1. The average Bonchev–Trinajstić information content (AvgIpc) is 3.12. The predicted octanol–water partition coefficient (Wildman–Crippen LogP) is 4.59. The minimum atomic E-state index is -0.0990. The molecule has 1 aliphatic heterocycles. The summed E-state index contributed by atoms with van der Waals surface area (Å²) in [5.41, 5.74) is 2.89. The number of anilines is 1. The van der Waals surface area contributed by atoms with Crippen molar-refractivity contribution in [3.05, 3.63) is 65.2 Å². The Morgan fingerprint density at radius 2 is 1.85 bits per heavy atom. The van der Waals surface area contributed by atoms with Gasteiger partial charge < -0.3 is 9.30 Å². The molecule has 1 aliphatic rings. The second kappa shape index (κ2) is 6.63. The number of thiocarbonyl (C=S) groups is 1. The van der Waals surface area contributed by atoms with Gasteiger partial charge in [-0.3, -0.25) is 9.69 Å². The number of amides is 1. The van der Waals surface area contributed by atoms with E-state index in [9.17, 15) is 4.79 Å². The number of para-hydroxylation sites is 1. The highest BCUT2D eigenvalue weighted by Crippen LogP contribution is 2.37. The van der Waals surface area contributed by atoms with Gasteiger partial charge in [-0.05, 0) is 36.4 Å². The third-order valence-corrected chi connectivity index (χ3v) is 5.64. The molecule has 0 bridgehead atoms. The lowest BCUT2D eigenvalue weighted by Gasteiger charge is -2.14. The molecule has 2 aromatic carbocycles. The van der Waals surface area contributed by atoms with E-state index < -0.39 is 0 Å². The maximum absolute atomic E-state index is 12.9. The SMILES string of the molecule is COc1ccc(N2C(=O)/C(=C/c3cn(C)c4ccccc34)SC2=S)cc1. The maximum atomic E-state index is 12.9. The highest BCUT2D eigenvalue weighted by Gasteiger charge is 2.33. The van der Waals surface area contributed by atoms with Crippen molar-refractivity contribution < 1.29 is 9.53 Å². The second-order valence-corrected chi connectivity index (χ2v) is 7.60. The van der Waals surface area contributed by atoms with Crippen molar-refractivity contribution >= 4 is 56.9 Å². The van der Waals surface area contributed by atoms with Gasteiger partial charge in [-0.1, -0.05) is 42.2 Å². The molecular weight excluding hydrogens is 364 g/mol. The molecule has 2 heterocycles. The molecule has 4 nitrogen and oxygen atoms in total. The summed E-state index contributed by atoms with van der Waals surface area (Å²) >= 11 is 6.77. The third kappa shape index (κ3) is 2.81. The van der Waals surface area contributed by atoms with Crippen molar-refractivity contribution in [1.29, 1.82) is 0 Å². The van der Waals surface area contributed by atoms with Gasteiger partial charge in [0.2, 0.25) is 0 Å². The summed E-state index contributed by atoms with van der Waals surface area (Å²) in [5, 5.41) is 1.12. The Hall–Kier alpha value is -2.57. The van der Waals surface area contributed by atoms with Crippen LogP contribution in [0.4, 0.5) is 5.69 Å². The number of hydrogen-bond acceptors (Lipinski definition) is 4. The van der Waals surface area contributed by atoms with Crippen LogP contribution >= 0.6 is 24.0 Å². The molecule has 1 amide bonds. The van der Waals surface area contributed by atoms with Gasteiger partial charge in [0, 0.05) is 29.7 Å². The number of fused-ring (bicyclic) bond motifs is 1. The zero-order chi connectivity index (χ0) is 18.3. The molecular formula is C20H16N2O2S2. The molecule has 0 radical (unpaired) electrons. The van der Waals surface area contributed by atoms with E-state index in [0.717, 1.165) is 27.9 Å². The first-order chi connectivity index (χ1) is 12.6. The Kier molecular flexibility index (Phi) is 4.30. The summed E-state index contributed by atoms with van der Waals surface area (Å²) < 4.78 is 7.77. The fourth-order valence-electron chi connectivity index (χ4n) is 3.05. The molecule has 1 aromatic heterocycles. The molecule has 0 spiro atoms. The van der Waals surface area contributed by atoms with Crippen LogP contribution in [0.2, 0.25) is 0 Å². The third-order valence-electron chi connectivity index (χ3n) is 4.34. The summed E-state index contributed by atoms with van der Waals surface area (Å²) in [6.07, 6.45) is 3.95. The van der Waals surface area contributed by atoms with Crippen molar-refractivity contribution in [1.82, 2.24) is 4.57 Å². The molecule has 6 heteroatoms. The second-order valence-electron chi connectivity index (χ2n) is 5.93. The number of thioether (sulfide) groups is 1. The number of nitrogens with zero attached hydrogens (tertiary/aromatic N) is 2. The van der Waals surface area contributed by atoms with Gasteiger partial charge in [-0.2, -0.15) is 0 Å². The van der Waals surface area contributed by atoms with E-state index in [4.69, 9.17) is 17.0 Å². The summed E-state index contributed by atoms with van der Waals surface area (Å²) in [5.74, 6) is 0.642. The van der Waals surface area contributed by atoms with E-state index in [0.29, 0.717) is 9.23 Å². The Morgan fingerprint density at radius 1 is 1.12 bits per heavy atom. The maximum Gasteiger partial charge on any atom is 0.270 e. The number of benzene rings is 2. The van der Waals surface area contributed by atoms with Crippen molar-refractivity contribution in [3.8, 4) is 5.75 Å². The van der Waals surface area contributed by atoms with Gasteiger partial charge in [0.25, 0.3) is 5.91 Å². The van der Waals surface area contributed by atoms with Crippen molar-refractivity contribution in [2.45, 2.75) is 0 Å². The number of aryl methyl sites for hydroxylation is 1. The highest BCUT2D eigenvalue weighted by atomic mass is 32.2. The Bertz CT molecular complexity index is 1050. The molecule has 4 rings (SSSR count). The first-order valence-corrected chi connectivity index (χ1v) is 9.27. The number of ether oxygens (including phenoxy) is 1. The van der Waals surface area contributed by atoms with Gasteiger partial charge in [0.05, 0.1) is 17.7 Å². The van der Waals surface area contributed by atoms with Gasteiger partial charge in [-0.15, -0.1) is 0 Å². The number of carbonyl (C=O) groups excluding carboxylic acids is 1. The van der Waals surface area contributed by atoms with Crippen LogP contribution in [-0.2, 0) is 11.8 Å². The smallest absolute Gasteiger partial charge is 0.270 e. The van der Waals surface area contributed by atoms with Crippen LogP contribution in [0.15, 0.2) is 59.6 Å². The molecule has 0 saturated carbocycles. The summed E-state index contributed by atoms with van der Waals surface area (Å²) in [4.78, 5) is 15.1. The van der Waals surface area contributed by atoms with Crippen LogP contribution in [0.3, 0.4) is 0 Å². The first-order valence-electron chi connectivity index (χ1n) is 8.04. The standard InChI is InChI=1S/C20H16N2O2S2/c1-21-12-13(16-5-3-4-6-17(16)21)11-18-19(23)22(20(25)26-18)14-7-9-15(24-2)10-8-14/h3-12H,1-2H3/b18-11-. The van der Waals surface area contributed by atoms with Gasteiger partial charge >= 0.3 is 0 Å². The molecule has 0 unspecified atom stereocenters. The van der Waals surface area contributed by atoms with E-state index in [2.05, 4.69) is 16.7 Å². The van der Waals surface area contributed by atoms with Gasteiger partial charge in [0.15, 0.2) is 4.32 Å². The van der Waals surface area contributed by atoms with Gasteiger partial charge in [-0.25, -0.2) is 0 Å². The Balaban J connectivity index is 1.71. The van der Waals surface area contributed by atoms with Crippen LogP contribution in [0.5, 0.6) is 5.75 Å². The number of methoxy groups -OCH3 is 1. The van der Waals surface area contributed by atoms with Gasteiger partial charge in [0.1, 0.15) is 5.75 Å². The highest BCUT2D eigenvalue weighted by molar-refractivity contribution is 8.27. The van der Waals surface area contributed by atoms with E-state index >= 15 is 0 Å². The lowest BCUT2D eigenvalue weighted by molar-refractivity contribution is -0.113. The molecule has 130 valence electrons. The topological polar surface area (TPSA) is 34.5 Å². The fourth-order valence-corrected chi connectivity index (χ4v) is 4.34. The average molecular weight is 380 g/mol. The van der Waals surface area contributed by atoms with Crippen molar-refractivity contribution in [2.75, 3.05) is 12.0 Å². The molecule has 3 aromatic rings. The first kappa shape index (κ1) is 16.9. The molecule has 26 heavy (non-hydrogen) atoms. The number of carbonyl (C=O) groups is 1. The quantitative estimate of drug-likeness (QED) is 0.492. The van der Waals surface area contributed by atoms with Crippen LogP contribution in [0.1, 0.15) is 5.56 Å². The number of hydrogen-bond donors (Lipinski definition) is 0. The van der Waals surface area contributed by atoms with Crippen molar-refractivity contribution in [2.24, 2.45) is 7.05 Å². The fraction of sp³-hybridized carbons (Fsp3) is 0.100. The van der Waals surface area contributed by atoms with Crippen LogP contribution in [0, 0.1) is 0 Å². The lowest BCUT2D eigenvalue weighted by Crippen LogP contribution is -2.27. The minimum absolute atomic E-state index is 0.0990. The zero-order valence-electron chi connectivity index (χ0n) is 14.3. The van der Waals surface area contributed by atoms with Crippen molar-refractivity contribution in [3.63, 3.8) is 0 Å². The zero-order valence-corrected chi connectivity index (χ0v) is 15.9. The molecule has 0 aliphatic carbocycles. The van der Waals surface area contributed by atoms with E-state index in [1.165, 1.54) is 11.8 Å². The van der Waals surface area contributed by atoms with Crippen LogP contribution < -0.4 is 9.64 Å². The monoisotopic (exact) mass is 380 g/mol. The lowest BCUT2D eigenvalue weighted by atomic mass is 10.1.